The number of piperazine rings is 1. The van der Waals surface area contributed by atoms with Gasteiger partial charge in [0, 0.05) is 62.1 Å². The van der Waals surface area contributed by atoms with E-state index in [4.69, 9.17) is 4.98 Å². The number of anilines is 2. The molecule has 4 aromatic rings. The lowest BCUT2D eigenvalue weighted by Gasteiger charge is -2.36. The summed E-state index contributed by atoms with van der Waals surface area (Å²) in [5, 5.41) is 1.10. The molecule has 0 unspecified atom stereocenters. The van der Waals surface area contributed by atoms with Crippen molar-refractivity contribution in [3.05, 3.63) is 89.5 Å². The quantitative estimate of drug-likeness (QED) is 0.396. The topological polar surface area (TPSA) is 65.5 Å². The first-order valence-electron chi connectivity index (χ1n) is 13.0. The van der Waals surface area contributed by atoms with Crippen LogP contribution in [0.1, 0.15) is 34.6 Å². The van der Waals surface area contributed by atoms with E-state index >= 15 is 0 Å². The van der Waals surface area contributed by atoms with Crippen LogP contribution in [0, 0.1) is 11.6 Å². The van der Waals surface area contributed by atoms with E-state index in [1.54, 1.807) is 6.20 Å². The molecule has 38 heavy (non-hydrogen) atoms. The molecule has 1 fully saturated rings. The van der Waals surface area contributed by atoms with Crippen LogP contribution >= 0.6 is 0 Å². The number of hydrogen-bond acceptors (Lipinski definition) is 6. The molecule has 0 N–H and O–H groups in total. The van der Waals surface area contributed by atoms with Crippen molar-refractivity contribution in [1.29, 1.82) is 0 Å². The lowest BCUT2D eigenvalue weighted by atomic mass is 10.1. The summed E-state index contributed by atoms with van der Waals surface area (Å²) in [5.74, 6) is -0.526. The van der Waals surface area contributed by atoms with E-state index in [-0.39, 0.29) is 23.7 Å². The van der Waals surface area contributed by atoms with E-state index in [2.05, 4.69) is 20.9 Å². The van der Waals surface area contributed by atoms with Crippen molar-refractivity contribution in [2.45, 2.75) is 25.8 Å². The van der Waals surface area contributed by atoms with Gasteiger partial charge >= 0.3 is 0 Å². The highest BCUT2D eigenvalue weighted by Gasteiger charge is 2.27. The van der Waals surface area contributed by atoms with Gasteiger partial charge in [0.1, 0.15) is 17.3 Å². The van der Waals surface area contributed by atoms with E-state index in [1.807, 2.05) is 40.3 Å². The van der Waals surface area contributed by atoms with Crippen molar-refractivity contribution >= 4 is 28.3 Å². The Morgan fingerprint density at radius 1 is 0.921 bits per heavy atom. The van der Waals surface area contributed by atoms with Gasteiger partial charge in [0.25, 0.3) is 5.91 Å². The molecule has 194 valence electrons. The standard InChI is InChI=1S/C29H28F2N6O/c30-21-8-9-23(31)20(17-21)19-37-12-4-3-7-25-28(37)34-26(18-33-25)29(38)36-15-13-35(14-16-36)27-10-11-32-24-6-2-1-5-22(24)27/h1-2,5-6,8-11,17-18H,3-4,7,12-16,19H2. The van der Waals surface area contributed by atoms with Crippen molar-refractivity contribution in [2.75, 3.05) is 42.5 Å². The molecule has 0 saturated carbocycles. The average molecular weight is 515 g/mol. The second-order valence-corrected chi connectivity index (χ2v) is 9.77. The van der Waals surface area contributed by atoms with Crippen LogP contribution in [0.5, 0.6) is 0 Å². The molecule has 2 aromatic heterocycles. The monoisotopic (exact) mass is 514 g/mol. The Kier molecular flexibility index (Phi) is 6.57. The lowest BCUT2D eigenvalue weighted by Crippen LogP contribution is -2.49. The third-order valence-electron chi connectivity index (χ3n) is 7.34. The molecule has 0 radical (unpaired) electrons. The Morgan fingerprint density at radius 2 is 1.76 bits per heavy atom. The summed E-state index contributed by atoms with van der Waals surface area (Å²) in [6.07, 6.45) is 5.91. The van der Waals surface area contributed by atoms with Crippen LogP contribution in [0.15, 0.2) is 60.9 Å². The number of benzene rings is 2. The van der Waals surface area contributed by atoms with Crippen LogP contribution in [-0.4, -0.2) is 58.5 Å². The van der Waals surface area contributed by atoms with Crippen LogP contribution < -0.4 is 9.80 Å². The Bertz CT molecular complexity index is 1480. The normalized spacial score (nSPS) is 15.9. The second kappa shape index (κ2) is 10.3. The second-order valence-electron chi connectivity index (χ2n) is 9.77. The third-order valence-corrected chi connectivity index (χ3v) is 7.34. The van der Waals surface area contributed by atoms with Crippen LogP contribution in [-0.2, 0) is 13.0 Å². The molecule has 0 spiro atoms. The van der Waals surface area contributed by atoms with Crippen LogP contribution in [0.3, 0.4) is 0 Å². The molecule has 4 heterocycles. The minimum Gasteiger partial charge on any atom is -0.367 e. The summed E-state index contributed by atoms with van der Waals surface area (Å²) in [4.78, 5) is 33.2. The molecule has 0 atom stereocenters. The van der Waals surface area contributed by atoms with Crippen molar-refractivity contribution in [3.63, 3.8) is 0 Å². The minimum atomic E-state index is -0.481. The maximum absolute atomic E-state index is 14.4. The number of halogens is 2. The zero-order valence-electron chi connectivity index (χ0n) is 21.0. The molecule has 1 amide bonds. The number of carbonyl (C=O) groups is 1. The molecular weight excluding hydrogens is 486 g/mol. The van der Waals surface area contributed by atoms with E-state index < -0.39 is 11.6 Å². The van der Waals surface area contributed by atoms with Gasteiger partial charge in [0.15, 0.2) is 5.82 Å². The molecule has 0 aliphatic carbocycles. The maximum atomic E-state index is 14.4. The molecule has 1 saturated heterocycles. The van der Waals surface area contributed by atoms with Crippen molar-refractivity contribution < 1.29 is 13.6 Å². The number of hydrogen-bond donors (Lipinski definition) is 0. The number of carbonyl (C=O) groups excluding carboxylic acids is 1. The smallest absolute Gasteiger partial charge is 0.274 e. The van der Waals surface area contributed by atoms with Gasteiger partial charge in [-0.05, 0) is 49.6 Å². The molecule has 2 aliphatic heterocycles. The van der Waals surface area contributed by atoms with Gasteiger partial charge in [0.05, 0.1) is 17.4 Å². The SMILES string of the molecule is O=C(c1cnc2c(n1)N(Cc1cc(F)ccc1F)CCCC2)N1CCN(c2ccnc3ccccc23)CC1. The first-order valence-corrected chi connectivity index (χ1v) is 13.0. The molecule has 0 bridgehead atoms. The van der Waals surface area contributed by atoms with Crippen LogP contribution in [0.25, 0.3) is 10.9 Å². The van der Waals surface area contributed by atoms with Crippen molar-refractivity contribution in [3.8, 4) is 0 Å². The summed E-state index contributed by atoms with van der Waals surface area (Å²) in [5.41, 5.74) is 3.39. The zero-order chi connectivity index (χ0) is 26.1. The fourth-order valence-electron chi connectivity index (χ4n) is 5.33. The average Bonchev–Trinajstić information content (AvgIpc) is 3.16. The minimum absolute atomic E-state index is 0.166. The third kappa shape index (κ3) is 4.76. The number of pyridine rings is 1. The van der Waals surface area contributed by atoms with Gasteiger partial charge in [-0.2, -0.15) is 0 Å². The fourth-order valence-corrected chi connectivity index (χ4v) is 5.33. The van der Waals surface area contributed by atoms with E-state index in [1.165, 1.54) is 6.07 Å². The highest BCUT2D eigenvalue weighted by Crippen LogP contribution is 2.28. The van der Waals surface area contributed by atoms with Crippen LogP contribution in [0.4, 0.5) is 20.3 Å². The Hall–Kier alpha value is -4.14. The zero-order valence-corrected chi connectivity index (χ0v) is 21.0. The first kappa shape index (κ1) is 24.2. The number of fused-ring (bicyclic) bond motifs is 2. The first-order chi connectivity index (χ1) is 18.6. The Morgan fingerprint density at radius 3 is 2.63 bits per heavy atom. The van der Waals surface area contributed by atoms with Crippen molar-refractivity contribution in [1.82, 2.24) is 19.9 Å². The number of rotatable bonds is 4. The van der Waals surface area contributed by atoms with Crippen LogP contribution in [0.2, 0.25) is 0 Å². The largest absolute Gasteiger partial charge is 0.367 e. The highest BCUT2D eigenvalue weighted by atomic mass is 19.1. The molecule has 7 nitrogen and oxygen atoms in total. The van der Waals surface area contributed by atoms with Gasteiger partial charge in [-0.25, -0.2) is 13.8 Å². The molecule has 6 rings (SSSR count). The Labute approximate surface area is 219 Å². The summed E-state index contributed by atoms with van der Waals surface area (Å²) >= 11 is 0. The summed E-state index contributed by atoms with van der Waals surface area (Å²) < 4.78 is 28.2. The van der Waals surface area contributed by atoms with E-state index in [0.29, 0.717) is 38.5 Å². The molecular formula is C29H28F2N6O. The Balaban J connectivity index is 1.20. The molecule has 9 heteroatoms. The molecule has 2 aliphatic rings. The highest BCUT2D eigenvalue weighted by molar-refractivity contribution is 5.93. The van der Waals surface area contributed by atoms with Gasteiger partial charge in [0.2, 0.25) is 0 Å². The van der Waals surface area contributed by atoms with E-state index in [0.717, 1.165) is 53.7 Å². The van der Waals surface area contributed by atoms with Crippen molar-refractivity contribution in [2.24, 2.45) is 0 Å². The summed E-state index contributed by atoms with van der Waals surface area (Å²) in [7, 11) is 0. The summed E-state index contributed by atoms with van der Waals surface area (Å²) in [6.45, 7) is 3.32. The van der Waals surface area contributed by atoms with Gasteiger partial charge < -0.3 is 14.7 Å². The van der Waals surface area contributed by atoms with Gasteiger partial charge in [-0.15, -0.1) is 0 Å². The predicted octanol–water partition coefficient (Wildman–Crippen LogP) is 4.61. The van der Waals surface area contributed by atoms with Gasteiger partial charge in [-0.3, -0.25) is 14.8 Å². The van der Waals surface area contributed by atoms with E-state index in [9.17, 15) is 13.6 Å². The number of aryl methyl sites for hydroxylation is 1. The number of amides is 1. The fraction of sp³-hybridized carbons (Fsp3) is 0.310. The number of nitrogens with zero attached hydrogens (tertiary/aromatic N) is 6. The molecule has 2 aromatic carbocycles. The maximum Gasteiger partial charge on any atom is 0.274 e. The van der Waals surface area contributed by atoms with Gasteiger partial charge in [-0.1, -0.05) is 18.2 Å². The summed E-state index contributed by atoms with van der Waals surface area (Å²) in [6, 6.07) is 13.6. The lowest BCUT2D eigenvalue weighted by molar-refractivity contribution is 0.0740. The number of para-hydroxylation sites is 1. The number of aromatic nitrogens is 3. The predicted molar refractivity (Wildman–Crippen MR) is 142 cm³/mol.